The molecule has 0 saturated carbocycles. The number of methoxy groups -OCH3 is 1. The van der Waals surface area contributed by atoms with Crippen molar-refractivity contribution in [3.63, 3.8) is 0 Å². The van der Waals surface area contributed by atoms with Crippen LogP contribution in [0.5, 0.6) is 5.88 Å². The summed E-state index contributed by atoms with van der Waals surface area (Å²) in [5, 5.41) is 4.54. The first kappa shape index (κ1) is 16.5. The van der Waals surface area contributed by atoms with E-state index in [-0.39, 0.29) is 0 Å². The van der Waals surface area contributed by atoms with E-state index in [9.17, 15) is 0 Å². The van der Waals surface area contributed by atoms with Gasteiger partial charge in [0.2, 0.25) is 5.88 Å². The van der Waals surface area contributed by atoms with Gasteiger partial charge in [-0.05, 0) is 6.92 Å². The normalized spacial score (nSPS) is 17.7. The maximum absolute atomic E-state index is 5.38. The predicted octanol–water partition coefficient (Wildman–Crippen LogP) is 1.03. The number of ether oxygens (including phenoxy) is 2. The molecule has 1 saturated heterocycles. The van der Waals surface area contributed by atoms with Crippen LogP contribution < -0.4 is 15.0 Å². The Kier molecular flexibility index (Phi) is 6.22. The molecule has 1 atom stereocenters. The van der Waals surface area contributed by atoms with Crippen LogP contribution >= 0.6 is 11.3 Å². The molecule has 1 aromatic heterocycles. The van der Waals surface area contributed by atoms with Crippen LogP contribution in [0.25, 0.3) is 0 Å². The summed E-state index contributed by atoms with van der Waals surface area (Å²) in [5.74, 6) is 0.731. The Morgan fingerprint density at radius 3 is 2.76 bits per heavy atom. The number of anilines is 1. The second-order valence-corrected chi connectivity index (χ2v) is 6.58. The lowest BCUT2D eigenvalue weighted by atomic mass is 10.3. The van der Waals surface area contributed by atoms with Gasteiger partial charge in [-0.25, -0.2) is 0 Å². The summed E-state index contributed by atoms with van der Waals surface area (Å²) in [6, 6.07) is 0.428. The monoisotopic (exact) mass is 314 g/mol. The van der Waals surface area contributed by atoms with Gasteiger partial charge < -0.3 is 19.7 Å². The molecule has 1 N–H and O–H groups in total. The maximum atomic E-state index is 5.38. The summed E-state index contributed by atoms with van der Waals surface area (Å²) in [6.07, 6.45) is 0. The molecule has 2 rings (SSSR count). The lowest BCUT2D eigenvalue weighted by Gasteiger charge is -2.29. The SMILES string of the molecule is COc1nc(N(C)C)sc1CNC(C)CN1CCOCC1. The first-order valence-corrected chi connectivity index (χ1v) is 8.16. The minimum absolute atomic E-state index is 0.428. The van der Waals surface area contributed by atoms with Crippen LogP contribution in [-0.4, -0.2) is 70.0 Å². The largest absolute Gasteiger partial charge is 0.480 e. The van der Waals surface area contributed by atoms with Crippen LogP contribution in [0.4, 0.5) is 5.13 Å². The van der Waals surface area contributed by atoms with Gasteiger partial charge in [0.05, 0.1) is 25.2 Å². The molecule has 1 unspecified atom stereocenters. The zero-order chi connectivity index (χ0) is 15.2. The zero-order valence-electron chi connectivity index (χ0n) is 13.4. The summed E-state index contributed by atoms with van der Waals surface area (Å²) in [5.41, 5.74) is 0. The van der Waals surface area contributed by atoms with E-state index in [1.807, 2.05) is 19.0 Å². The fraction of sp³-hybridized carbons (Fsp3) is 0.786. The molecule has 21 heavy (non-hydrogen) atoms. The third-order valence-corrected chi connectivity index (χ3v) is 4.68. The highest BCUT2D eigenvalue weighted by Gasteiger charge is 2.16. The van der Waals surface area contributed by atoms with Crippen molar-refractivity contribution in [2.75, 3.05) is 59.0 Å². The van der Waals surface area contributed by atoms with Gasteiger partial charge in [0.25, 0.3) is 0 Å². The molecule has 2 heterocycles. The average molecular weight is 314 g/mol. The topological polar surface area (TPSA) is 49.9 Å². The van der Waals surface area contributed by atoms with Gasteiger partial charge in [-0.15, -0.1) is 0 Å². The molecule has 0 aromatic carbocycles. The molecule has 6 nitrogen and oxygen atoms in total. The van der Waals surface area contributed by atoms with E-state index < -0.39 is 0 Å². The first-order chi connectivity index (χ1) is 10.1. The molecule has 1 fully saturated rings. The highest BCUT2D eigenvalue weighted by molar-refractivity contribution is 7.15. The summed E-state index contributed by atoms with van der Waals surface area (Å²) in [4.78, 5) is 10.1. The number of rotatable bonds is 7. The molecule has 1 aliphatic heterocycles. The Bertz CT molecular complexity index is 433. The van der Waals surface area contributed by atoms with Gasteiger partial charge >= 0.3 is 0 Å². The average Bonchev–Trinajstić information content (AvgIpc) is 2.90. The third kappa shape index (κ3) is 4.81. The van der Waals surface area contributed by atoms with Crippen molar-refractivity contribution in [1.29, 1.82) is 0 Å². The quantitative estimate of drug-likeness (QED) is 0.811. The van der Waals surface area contributed by atoms with Crippen LogP contribution in [0.2, 0.25) is 0 Å². The number of hydrogen-bond acceptors (Lipinski definition) is 7. The van der Waals surface area contributed by atoms with Crippen LogP contribution in [0.15, 0.2) is 0 Å². The van der Waals surface area contributed by atoms with E-state index in [0.29, 0.717) is 6.04 Å². The molecule has 1 aliphatic rings. The lowest BCUT2D eigenvalue weighted by Crippen LogP contribution is -2.44. The highest BCUT2D eigenvalue weighted by atomic mass is 32.1. The second-order valence-electron chi connectivity index (χ2n) is 5.52. The van der Waals surface area contributed by atoms with Crippen molar-refractivity contribution in [3.05, 3.63) is 4.88 Å². The van der Waals surface area contributed by atoms with Gasteiger partial charge in [-0.2, -0.15) is 4.98 Å². The van der Waals surface area contributed by atoms with Crippen molar-refractivity contribution in [2.24, 2.45) is 0 Å². The fourth-order valence-electron chi connectivity index (χ4n) is 2.29. The van der Waals surface area contributed by atoms with Crippen molar-refractivity contribution in [3.8, 4) is 5.88 Å². The Morgan fingerprint density at radius 1 is 1.43 bits per heavy atom. The summed E-state index contributed by atoms with van der Waals surface area (Å²) < 4.78 is 10.7. The van der Waals surface area contributed by atoms with Crippen molar-refractivity contribution in [1.82, 2.24) is 15.2 Å². The minimum Gasteiger partial charge on any atom is -0.480 e. The molecule has 0 amide bonds. The number of nitrogens with one attached hydrogen (secondary N) is 1. The number of nitrogens with zero attached hydrogens (tertiary/aromatic N) is 3. The molecule has 0 aliphatic carbocycles. The van der Waals surface area contributed by atoms with Gasteiger partial charge in [0.1, 0.15) is 0 Å². The van der Waals surface area contributed by atoms with Crippen molar-refractivity contribution in [2.45, 2.75) is 19.5 Å². The van der Waals surface area contributed by atoms with Gasteiger partial charge in [-0.1, -0.05) is 11.3 Å². The number of hydrogen-bond donors (Lipinski definition) is 1. The van der Waals surface area contributed by atoms with Crippen molar-refractivity contribution < 1.29 is 9.47 Å². The maximum Gasteiger partial charge on any atom is 0.230 e. The van der Waals surface area contributed by atoms with Crippen LogP contribution in [0.3, 0.4) is 0 Å². The molecule has 0 spiro atoms. The Hall–Kier alpha value is -0.890. The molecule has 120 valence electrons. The first-order valence-electron chi connectivity index (χ1n) is 7.34. The smallest absolute Gasteiger partial charge is 0.230 e. The molecular formula is C14H26N4O2S. The zero-order valence-corrected chi connectivity index (χ0v) is 14.2. The predicted molar refractivity (Wildman–Crippen MR) is 86.6 cm³/mol. The highest BCUT2D eigenvalue weighted by Crippen LogP contribution is 2.30. The Morgan fingerprint density at radius 2 is 2.14 bits per heavy atom. The van der Waals surface area contributed by atoms with E-state index in [1.54, 1.807) is 18.4 Å². The van der Waals surface area contributed by atoms with Crippen molar-refractivity contribution >= 4 is 16.5 Å². The van der Waals surface area contributed by atoms with E-state index in [2.05, 4.69) is 22.1 Å². The Labute approximate surface area is 131 Å². The standard InChI is InChI=1S/C14H26N4O2S/c1-11(10-18-5-7-20-8-6-18)15-9-12-13(19-4)16-14(21-12)17(2)3/h11,15H,5-10H2,1-4H3. The van der Waals surface area contributed by atoms with Gasteiger partial charge in [0.15, 0.2) is 5.13 Å². The number of aromatic nitrogens is 1. The lowest BCUT2D eigenvalue weighted by molar-refractivity contribution is 0.0343. The minimum atomic E-state index is 0.428. The van der Waals surface area contributed by atoms with E-state index in [1.165, 1.54) is 0 Å². The molecule has 0 radical (unpaired) electrons. The second kappa shape index (κ2) is 7.93. The Balaban J connectivity index is 1.83. The fourth-order valence-corrected chi connectivity index (χ4v) is 3.19. The van der Waals surface area contributed by atoms with Gasteiger partial charge in [-0.3, -0.25) is 4.90 Å². The molecule has 7 heteroatoms. The van der Waals surface area contributed by atoms with Crippen LogP contribution in [0, 0.1) is 0 Å². The van der Waals surface area contributed by atoms with Crippen LogP contribution in [-0.2, 0) is 11.3 Å². The molecule has 0 bridgehead atoms. The van der Waals surface area contributed by atoms with E-state index in [4.69, 9.17) is 9.47 Å². The summed E-state index contributed by atoms with van der Waals surface area (Å²) >= 11 is 1.67. The summed E-state index contributed by atoms with van der Waals surface area (Å²) in [6.45, 7) is 7.81. The number of morpholine rings is 1. The van der Waals surface area contributed by atoms with Gasteiger partial charge in [0, 0.05) is 46.3 Å². The van der Waals surface area contributed by atoms with Crippen LogP contribution in [0.1, 0.15) is 11.8 Å². The molecular weight excluding hydrogens is 288 g/mol. The third-order valence-electron chi connectivity index (χ3n) is 3.47. The van der Waals surface area contributed by atoms with E-state index in [0.717, 1.165) is 55.3 Å². The molecule has 1 aromatic rings. The number of thiazole rings is 1. The van der Waals surface area contributed by atoms with E-state index >= 15 is 0 Å². The summed E-state index contributed by atoms with van der Waals surface area (Å²) in [7, 11) is 5.67.